The van der Waals surface area contributed by atoms with Crippen LogP contribution in [0.15, 0.2) is 24.3 Å². The summed E-state index contributed by atoms with van der Waals surface area (Å²) in [6.07, 6.45) is 0.964. The zero-order valence-corrected chi connectivity index (χ0v) is 12.2. The normalized spacial score (nSPS) is 16.8. The van der Waals surface area contributed by atoms with Crippen molar-refractivity contribution in [3.8, 4) is 0 Å². The summed E-state index contributed by atoms with van der Waals surface area (Å²) < 4.78 is 18.7. The Morgan fingerprint density at radius 3 is 2.55 bits per heavy atom. The summed E-state index contributed by atoms with van der Waals surface area (Å²) in [7, 11) is 0. The molecule has 4 N–H and O–H groups in total. The molecule has 1 aromatic rings. The Bertz CT molecular complexity index is 545. The van der Waals surface area contributed by atoms with Gasteiger partial charge in [0, 0.05) is 31.9 Å². The number of ether oxygens (including phenoxy) is 1. The molecule has 120 valence electrons. The Labute approximate surface area is 128 Å². The van der Waals surface area contributed by atoms with Crippen molar-refractivity contribution in [3.05, 3.63) is 35.6 Å². The van der Waals surface area contributed by atoms with E-state index in [0.717, 1.165) is 0 Å². The summed E-state index contributed by atoms with van der Waals surface area (Å²) in [6, 6.07) is 5.75. The summed E-state index contributed by atoms with van der Waals surface area (Å²) in [5, 5.41) is 5.20. The van der Waals surface area contributed by atoms with E-state index in [1.807, 2.05) is 0 Å². The van der Waals surface area contributed by atoms with Crippen LogP contribution in [0.1, 0.15) is 18.4 Å². The van der Waals surface area contributed by atoms with Gasteiger partial charge in [-0.05, 0) is 18.9 Å². The Hall–Kier alpha value is -2.15. The average molecular weight is 309 g/mol. The van der Waals surface area contributed by atoms with Crippen LogP contribution in [0.5, 0.6) is 0 Å². The van der Waals surface area contributed by atoms with Gasteiger partial charge >= 0.3 is 6.03 Å². The van der Waals surface area contributed by atoms with Gasteiger partial charge in [-0.25, -0.2) is 9.18 Å². The van der Waals surface area contributed by atoms with Gasteiger partial charge in [0.05, 0.1) is 5.41 Å². The number of rotatable bonds is 5. The standard InChI is InChI=1S/C15H20FN3O3/c16-12-4-2-1-3-11(12)9-18-14(21)19-10-15(13(17)20)5-7-22-8-6-15/h1-4H,5-10H2,(H2,17,20)(H2,18,19,21). The molecule has 1 aromatic carbocycles. The van der Waals surface area contributed by atoms with Crippen LogP contribution in [-0.2, 0) is 16.1 Å². The first-order valence-corrected chi connectivity index (χ1v) is 7.16. The molecule has 0 atom stereocenters. The predicted octanol–water partition coefficient (Wildman–Crippen LogP) is 0.907. The van der Waals surface area contributed by atoms with Crippen LogP contribution >= 0.6 is 0 Å². The molecule has 1 aliphatic heterocycles. The van der Waals surface area contributed by atoms with Crippen LogP contribution in [0.25, 0.3) is 0 Å². The van der Waals surface area contributed by atoms with Crippen molar-refractivity contribution < 1.29 is 18.7 Å². The largest absolute Gasteiger partial charge is 0.381 e. The van der Waals surface area contributed by atoms with E-state index < -0.39 is 17.4 Å². The third kappa shape index (κ3) is 3.94. The predicted molar refractivity (Wildman–Crippen MR) is 78.3 cm³/mol. The number of hydrogen-bond acceptors (Lipinski definition) is 3. The maximum absolute atomic E-state index is 13.4. The first kappa shape index (κ1) is 16.2. The monoisotopic (exact) mass is 309 g/mol. The molecule has 0 radical (unpaired) electrons. The van der Waals surface area contributed by atoms with E-state index in [-0.39, 0.29) is 18.9 Å². The molecule has 0 spiro atoms. The van der Waals surface area contributed by atoms with Crippen molar-refractivity contribution in [1.82, 2.24) is 10.6 Å². The summed E-state index contributed by atoms with van der Waals surface area (Å²) in [4.78, 5) is 23.5. The van der Waals surface area contributed by atoms with E-state index in [2.05, 4.69) is 10.6 Å². The van der Waals surface area contributed by atoms with Crippen molar-refractivity contribution in [2.75, 3.05) is 19.8 Å². The topological polar surface area (TPSA) is 93.5 Å². The van der Waals surface area contributed by atoms with E-state index >= 15 is 0 Å². The second kappa shape index (κ2) is 7.22. The molecule has 0 saturated carbocycles. The third-order valence-electron chi connectivity index (χ3n) is 3.96. The van der Waals surface area contributed by atoms with Crippen molar-refractivity contribution >= 4 is 11.9 Å². The van der Waals surface area contributed by atoms with E-state index in [1.54, 1.807) is 18.2 Å². The fraction of sp³-hybridized carbons (Fsp3) is 0.467. The van der Waals surface area contributed by atoms with Crippen molar-refractivity contribution in [3.63, 3.8) is 0 Å². The Morgan fingerprint density at radius 2 is 1.91 bits per heavy atom. The lowest BCUT2D eigenvalue weighted by Gasteiger charge is -2.34. The molecule has 0 aromatic heterocycles. The average Bonchev–Trinajstić information content (AvgIpc) is 2.53. The summed E-state index contributed by atoms with van der Waals surface area (Å²) in [6.45, 7) is 1.11. The highest BCUT2D eigenvalue weighted by Gasteiger charge is 2.38. The number of nitrogens with one attached hydrogen (secondary N) is 2. The van der Waals surface area contributed by atoms with Gasteiger partial charge in [-0.3, -0.25) is 4.79 Å². The van der Waals surface area contributed by atoms with Crippen LogP contribution in [0.2, 0.25) is 0 Å². The van der Waals surface area contributed by atoms with Gasteiger partial charge in [-0.1, -0.05) is 18.2 Å². The molecule has 1 saturated heterocycles. The molecule has 0 unspecified atom stereocenters. The Kier molecular flexibility index (Phi) is 5.32. The number of urea groups is 1. The highest BCUT2D eigenvalue weighted by atomic mass is 19.1. The quantitative estimate of drug-likeness (QED) is 0.754. The van der Waals surface area contributed by atoms with E-state index in [4.69, 9.17) is 10.5 Å². The molecule has 0 aliphatic carbocycles. The number of benzene rings is 1. The van der Waals surface area contributed by atoms with Crippen LogP contribution in [0.4, 0.5) is 9.18 Å². The summed E-state index contributed by atoms with van der Waals surface area (Å²) in [5.41, 5.74) is 5.08. The lowest BCUT2D eigenvalue weighted by atomic mass is 9.79. The molecule has 1 heterocycles. The maximum Gasteiger partial charge on any atom is 0.315 e. The number of carbonyl (C=O) groups excluding carboxylic acids is 2. The number of amides is 3. The molecular formula is C15H20FN3O3. The molecule has 1 fully saturated rings. The van der Waals surface area contributed by atoms with Gasteiger partial charge < -0.3 is 21.1 Å². The highest BCUT2D eigenvalue weighted by molar-refractivity contribution is 5.82. The zero-order valence-electron chi connectivity index (χ0n) is 12.2. The number of primary amides is 1. The molecule has 7 heteroatoms. The molecule has 6 nitrogen and oxygen atoms in total. The molecule has 3 amide bonds. The number of halogens is 1. The Morgan fingerprint density at radius 1 is 1.23 bits per heavy atom. The minimum atomic E-state index is -0.770. The molecule has 1 aliphatic rings. The van der Waals surface area contributed by atoms with Crippen molar-refractivity contribution in [1.29, 1.82) is 0 Å². The SMILES string of the molecule is NC(=O)C1(CNC(=O)NCc2ccccc2F)CCOCC1. The van der Waals surface area contributed by atoms with Gasteiger partial charge in [0.15, 0.2) is 0 Å². The Balaban J connectivity index is 1.84. The summed E-state index contributed by atoms with van der Waals surface area (Å²) in [5.74, 6) is -0.814. The van der Waals surface area contributed by atoms with Crippen molar-refractivity contribution in [2.45, 2.75) is 19.4 Å². The van der Waals surface area contributed by atoms with Crippen LogP contribution in [-0.4, -0.2) is 31.7 Å². The number of nitrogens with two attached hydrogens (primary N) is 1. The summed E-state index contributed by atoms with van der Waals surface area (Å²) >= 11 is 0. The lowest BCUT2D eigenvalue weighted by Crippen LogP contribution is -2.51. The first-order valence-electron chi connectivity index (χ1n) is 7.16. The lowest BCUT2D eigenvalue weighted by molar-refractivity contribution is -0.132. The highest BCUT2D eigenvalue weighted by Crippen LogP contribution is 2.29. The fourth-order valence-corrected chi connectivity index (χ4v) is 2.40. The van der Waals surface area contributed by atoms with Crippen LogP contribution in [0, 0.1) is 11.2 Å². The van der Waals surface area contributed by atoms with E-state index in [0.29, 0.717) is 31.6 Å². The third-order valence-corrected chi connectivity index (χ3v) is 3.96. The molecule has 22 heavy (non-hydrogen) atoms. The smallest absolute Gasteiger partial charge is 0.315 e. The molecular weight excluding hydrogens is 289 g/mol. The second-order valence-corrected chi connectivity index (χ2v) is 5.38. The number of hydrogen-bond donors (Lipinski definition) is 3. The van der Waals surface area contributed by atoms with Gasteiger partial charge in [0.1, 0.15) is 5.82 Å². The minimum Gasteiger partial charge on any atom is -0.381 e. The first-order chi connectivity index (χ1) is 10.5. The fourth-order valence-electron chi connectivity index (χ4n) is 2.40. The molecule has 0 bridgehead atoms. The van der Waals surface area contributed by atoms with Gasteiger partial charge in [0.2, 0.25) is 5.91 Å². The van der Waals surface area contributed by atoms with E-state index in [1.165, 1.54) is 6.07 Å². The van der Waals surface area contributed by atoms with Crippen LogP contribution < -0.4 is 16.4 Å². The van der Waals surface area contributed by atoms with Crippen molar-refractivity contribution in [2.24, 2.45) is 11.1 Å². The maximum atomic E-state index is 13.4. The molecule has 2 rings (SSSR count). The van der Waals surface area contributed by atoms with Gasteiger partial charge in [-0.2, -0.15) is 0 Å². The van der Waals surface area contributed by atoms with E-state index in [9.17, 15) is 14.0 Å². The zero-order chi connectivity index (χ0) is 16.0. The second-order valence-electron chi connectivity index (χ2n) is 5.38. The van der Waals surface area contributed by atoms with Crippen LogP contribution in [0.3, 0.4) is 0 Å². The number of carbonyl (C=O) groups is 2. The minimum absolute atomic E-state index is 0.0746. The van der Waals surface area contributed by atoms with Gasteiger partial charge in [0.25, 0.3) is 0 Å². The van der Waals surface area contributed by atoms with Gasteiger partial charge in [-0.15, -0.1) is 0 Å².